The van der Waals surface area contributed by atoms with Crippen molar-refractivity contribution in [3.8, 4) is 11.4 Å². The van der Waals surface area contributed by atoms with E-state index in [2.05, 4.69) is 15.3 Å². The number of aromatic nitrogens is 2. The highest BCUT2D eigenvalue weighted by Gasteiger charge is 2.17. The molecule has 0 fully saturated rings. The maximum absolute atomic E-state index is 12.7. The maximum Gasteiger partial charge on any atom is 0.273 e. The normalized spacial score (nSPS) is 10.8. The number of aryl methyl sites for hydroxylation is 1. The van der Waals surface area contributed by atoms with Gasteiger partial charge in [-0.15, -0.1) is 0 Å². The van der Waals surface area contributed by atoms with E-state index < -0.39 is 10.8 Å². The smallest absolute Gasteiger partial charge is 0.273 e. The molecule has 0 aliphatic heterocycles. The number of nitrogens with zero attached hydrogens (tertiary/aromatic N) is 2. The minimum absolute atomic E-state index is 0.0850. The van der Waals surface area contributed by atoms with Crippen LogP contribution in [0.2, 0.25) is 0 Å². The summed E-state index contributed by atoms with van der Waals surface area (Å²) < 4.78 is 0. The summed E-state index contributed by atoms with van der Waals surface area (Å²) in [6.45, 7) is 1.64. The van der Waals surface area contributed by atoms with E-state index in [-0.39, 0.29) is 11.3 Å². The number of anilines is 1. The van der Waals surface area contributed by atoms with Crippen molar-refractivity contribution in [1.82, 2.24) is 9.97 Å². The van der Waals surface area contributed by atoms with Gasteiger partial charge in [-0.05, 0) is 37.3 Å². The summed E-state index contributed by atoms with van der Waals surface area (Å²) in [5.74, 6) is 0.207. The van der Waals surface area contributed by atoms with Crippen molar-refractivity contribution in [3.05, 3.63) is 88.0 Å². The number of rotatable bonds is 4. The van der Waals surface area contributed by atoms with Crippen LogP contribution in [0, 0.1) is 17.0 Å². The van der Waals surface area contributed by atoms with Crippen molar-refractivity contribution in [2.24, 2.45) is 0 Å². The lowest BCUT2D eigenvalue weighted by atomic mass is 10.1. The van der Waals surface area contributed by atoms with Gasteiger partial charge < -0.3 is 10.3 Å². The highest BCUT2D eigenvalue weighted by atomic mass is 16.6. The molecule has 0 atom stereocenters. The van der Waals surface area contributed by atoms with Crippen LogP contribution < -0.4 is 5.32 Å². The molecule has 28 heavy (non-hydrogen) atoms. The van der Waals surface area contributed by atoms with E-state index in [0.29, 0.717) is 17.1 Å². The number of hydrogen-bond acceptors (Lipinski definition) is 4. The Morgan fingerprint density at radius 2 is 1.82 bits per heavy atom. The number of carbonyl (C=O) groups excluding carboxylic acids is 1. The summed E-state index contributed by atoms with van der Waals surface area (Å²) in [5.41, 5.74) is 3.66. The summed E-state index contributed by atoms with van der Waals surface area (Å²) >= 11 is 0. The minimum Gasteiger partial charge on any atom is -0.338 e. The van der Waals surface area contributed by atoms with Gasteiger partial charge in [0.15, 0.2) is 0 Å². The molecule has 0 saturated carbocycles. The van der Waals surface area contributed by atoms with Gasteiger partial charge in [0.25, 0.3) is 11.6 Å². The molecule has 7 nitrogen and oxygen atoms in total. The molecule has 4 rings (SSSR count). The van der Waals surface area contributed by atoms with Gasteiger partial charge in [-0.25, -0.2) is 4.98 Å². The first kappa shape index (κ1) is 17.4. The fourth-order valence-electron chi connectivity index (χ4n) is 3.02. The second-order valence-electron chi connectivity index (χ2n) is 6.36. The van der Waals surface area contributed by atoms with Gasteiger partial charge in [-0.3, -0.25) is 14.9 Å². The molecular weight excluding hydrogens is 356 g/mol. The molecule has 4 aromatic rings. The Morgan fingerprint density at radius 1 is 1.07 bits per heavy atom. The molecule has 0 radical (unpaired) electrons. The number of nitrogens with one attached hydrogen (secondary N) is 2. The highest BCUT2D eigenvalue weighted by molar-refractivity contribution is 6.06. The Kier molecular flexibility index (Phi) is 4.33. The number of benzene rings is 3. The molecule has 0 unspecified atom stereocenters. The lowest BCUT2D eigenvalue weighted by Gasteiger charge is -2.10. The average molecular weight is 372 g/mol. The molecule has 138 valence electrons. The molecule has 3 aromatic carbocycles. The van der Waals surface area contributed by atoms with Crippen LogP contribution in [-0.4, -0.2) is 20.8 Å². The largest absolute Gasteiger partial charge is 0.338 e. The molecule has 0 aliphatic carbocycles. The zero-order valence-corrected chi connectivity index (χ0v) is 15.0. The molecule has 1 heterocycles. The van der Waals surface area contributed by atoms with Gasteiger partial charge in [0.2, 0.25) is 0 Å². The molecule has 1 amide bonds. The number of para-hydroxylation sites is 3. The van der Waals surface area contributed by atoms with Crippen LogP contribution in [0.1, 0.15) is 15.9 Å². The lowest BCUT2D eigenvalue weighted by molar-refractivity contribution is -0.385. The first-order chi connectivity index (χ1) is 13.5. The van der Waals surface area contributed by atoms with E-state index in [1.807, 2.05) is 36.4 Å². The number of nitro benzene ring substituents is 1. The van der Waals surface area contributed by atoms with Crippen LogP contribution in [0.25, 0.3) is 22.4 Å². The predicted molar refractivity (Wildman–Crippen MR) is 107 cm³/mol. The fraction of sp³-hybridized carbons (Fsp3) is 0.0476. The first-order valence-corrected chi connectivity index (χ1v) is 8.63. The second kappa shape index (κ2) is 6.96. The highest BCUT2D eigenvalue weighted by Crippen LogP contribution is 2.28. The van der Waals surface area contributed by atoms with Gasteiger partial charge in [-0.1, -0.05) is 30.3 Å². The number of nitro groups is 1. The predicted octanol–water partition coefficient (Wildman–Crippen LogP) is 4.70. The maximum atomic E-state index is 12.7. The number of imidazole rings is 1. The Balaban J connectivity index is 1.68. The molecule has 2 N–H and O–H groups in total. The van der Waals surface area contributed by atoms with Crippen molar-refractivity contribution in [2.75, 3.05) is 5.32 Å². The molecular formula is C21H16N4O3. The number of fused-ring (bicyclic) bond motifs is 1. The topological polar surface area (TPSA) is 101 Å². The average Bonchev–Trinajstić information content (AvgIpc) is 3.12. The van der Waals surface area contributed by atoms with Crippen molar-refractivity contribution in [3.63, 3.8) is 0 Å². The zero-order chi connectivity index (χ0) is 19.7. The first-order valence-electron chi connectivity index (χ1n) is 8.63. The van der Waals surface area contributed by atoms with E-state index >= 15 is 0 Å². The summed E-state index contributed by atoms with van der Waals surface area (Å²) in [6.07, 6.45) is 0. The fourth-order valence-corrected chi connectivity index (χ4v) is 3.02. The van der Waals surface area contributed by atoms with Crippen molar-refractivity contribution in [1.29, 1.82) is 0 Å². The Bertz CT molecular complexity index is 1180. The third-order valence-electron chi connectivity index (χ3n) is 4.49. The van der Waals surface area contributed by atoms with Crippen molar-refractivity contribution < 1.29 is 9.72 Å². The molecule has 0 saturated heterocycles. The quantitative estimate of drug-likeness (QED) is 0.400. The third kappa shape index (κ3) is 3.21. The van der Waals surface area contributed by atoms with E-state index in [0.717, 1.165) is 16.6 Å². The molecule has 0 bridgehead atoms. The van der Waals surface area contributed by atoms with E-state index in [4.69, 9.17) is 0 Å². The van der Waals surface area contributed by atoms with E-state index in [1.165, 1.54) is 6.07 Å². The number of amides is 1. The number of aromatic amines is 1. The van der Waals surface area contributed by atoms with Crippen molar-refractivity contribution in [2.45, 2.75) is 6.92 Å². The Hall–Kier alpha value is -4.00. The van der Waals surface area contributed by atoms with Gasteiger partial charge in [0.1, 0.15) is 5.82 Å². The van der Waals surface area contributed by atoms with Crippen molar-refractivity contribution >= 4 is 28.3 Å². The van der Waals surface area contributed by atoms with Gasteiger partial charge in [-0.2, -0.15) is 0 Å². The SMILES string of the molecule is Cc1ccc(C(=O)Nc2ccccc2-c2nc3ccccc3[nH]2)cc1[N+](=O)[O-]. The van der Waals surface area contributed by atoms with Crippen LogP contribution >= 0.6 is 0 Å². The number of H-pyrrole nitrogens is 1. The molecule has 0 aliphatic rings. The van der Waals surface area contributed by atoms with Crippen LogP contribution in [-0.2, 0) is 0 Å². The summed E-state index contributed by atoms with van der Waals surface area (Å²) in [4.78, 5) is 31.2. The standard InChI is InChI=1S/C21H16N4O3/c1-13-10-11-14(12-19(13)25(27)28)21(26)24-16-7-3-2-6-15(16)20-22-17-8-4-5-9-18(17)23-20/h2-12H,1H3,(H,22,23)(H,24,26). The van der Waals surface area contributed by atoms with Gasteiger partial charge in [0, 0.05) is 22.8 Å². The summed E-state index contributed by atoms with van der Waals surface area (Å²) in [6, 6.07) is 19.4. The Morgan fingerprint density at radius 3 is 2.61 bits per heavy atom. The van der Waals surface area contributed by atoms with Gasteiger partial charge in [0.05, 0.1) is 21.6 Å². The Labute approximate surface area is 160 Å². The van der Waals surface area contributed by atoms with E-state index in [9.17, 15) is 14.9 Å². The van der Waals surface area contributed by atoms with Crippen LogP contribution in [0.4, 0.5) is 11.4 Å². The molecule has 1 aromatic heterocycles. The number of hydrogen-bond donors (Lipinski definition) is 2. The van der Waals surface area contributed by atoms with Crippen LogP contribution in [0.15, 0.2) is 66.7 Å². The number of carbonyl (C=O) groups is 1. The summed E-state index contributed by atoms with van der Waals surface area (Å²) in [5, 5.41) is 14.0. The van der Waals surface area contributed by atoms with Crippen LogP contribution in [0.5, 0.6) is 0 Å². The molecule has 7 heteroatoms. The lowest BCUT2D eigenvalue weighted by Crippen LogP contribution is -2.13. The minimum atomic E-state index is -0.492. The summed E-state index contributed by atoms with van der Waals surface area (Å²) in [7, 11) is 0. The second-order valence-corrected chi connectivity index (χ2v) is 6.36. The zero-order valence-electron chi connectivity index (χ0n) is 15.0. The monoisotopic (exact) mass is 372 g/mol. The van der Waals surface area contributed by atoms with E-state index in [1.54, 1.807) is 31.2 Å². The third-order valence-corrected chi connectivity index (χ3v) is 4.49. The van der Waals surface area contributed by atoms with Crippen LogP contribution in [0.3, 0.4) is 0 Å². The van der Waals surface area contributed by atoms with Gasteiger partial charge >= 0.3 is 0 Å². The molecule has 0 spiro atoms.